The summed E-state index contributed by atoms with van der Waals surface area (Å²) in [6, 6.07) is 0. The first-order valence-corrected chi connectivity index (χ1v) is 4.51. The van der Waals surface area contributed by atoms with Crippen LogP contribution in [-0.4, -0.2) is 19.4 Å². The highest BCUT2D eigenvalue weighted by molar-refractivity contribution is 5.69. The van der Waals surface area contributed by atoms with Crippen molar-refractivity contribution in [2.24, 2.45) is 10.6 Å². The van der Waals surface area contributed by atoms with Gasteiger partial charge in [-0.25, -0.2) is 4.79 Å². The van der Waals surface area contributed by atoms with Crippen molar-refractivity contribution in [3.63, 3.8) is 0 Å². The average Bonchev–Trinajstić information content (AvgIpc) is 2.17. The van der Waals surface area contributed by atoms with Crippen molar-refractivity contribution in [1.29, 1.82) is 0 Å². The van der Waals surface area contributed by atoms with Gasteiger partial charge in [-0.2, -0.15) is 0 Å². The molecule has 0 atom stereocenters. The molecular formula is C9H18N2O2. The number of amides is 1. The standard InChI is InChI=1S/C9H18N2O2/c1-5-9(3,6-2)7-11-13-8(12)10-4/h7H,5-6H2,1-4H3,(H,10,12)/b11-7+. The van der Waals surface area contributed by atoms with Gasteiger partial charge in [-0.3, -0.25) is 4.84 Å². The van der Waals surface area contributed by atoms with E-state index in [1.165, 1.54) is 7.05 Å². The maximum Gasteiger partial charge on any atom is 0.433 e. The number of rotatable bonds is 4. The van der Waals surface area contributed by atoms with Crippen molar-refractivity contribution in [2.75, 3.05) is 7.05 Å². The van der Waals surface area contributed by atoms with Crippen LogP contribution in [0.15, 0.2) is 5.16 Å². The van der Waals surface area contributed by atoms with Gasteiger partial charge < -0.3 is 5.32 Å². The first kappa shape index (κ1) is 11.9. The SMILES string of the molecule is CCC(C)(/C=N/OC(=O)NC)CC. The van der Waals surface area contributed by atoms with Gasteiger partial charge in [0.25, 0.3) is 0 Å². The number of carbonyl (C=O) groups is 1. The summed E-state index contributed by atoms with van der Waals surface area (Å²) in [4.78, 5) is 15.1. The van der Waals surface area contributed by atoms with Gasteiger partial charge in [-0.1, -0.05) is 25.9 Å². The van der Waals surface area contributed by atoms with Gasteiger partial charge in [0.05, 0.1) is 6.21 Å². The van der Waals surface area contributed by atoms with E-state index in [1.807, 2.05) is 0 Å². The number of hydrogen-bond acceptors (Lipinski definition) is 3. The zero-order valence-electron chi connectivity index (χ0n) is 8.76. The number of oxime groups is 1. The third-order valence-corrected chi connectivity index (χ3v) is 2.32. The topological polar surface area (TPSA) is 50.7 Å². The third kappa shape index (κ3) is 4.50. The molecule has 0 unspecified atom stereocenters. The lowest BCUT2D eigenvalue weighted by Crippen LogP contribution is -2.19. The Morgan fingerprint density at radius 1 is 1.54 bits per heavy atom. The smallest absolute Gasteiger partial charge is 0.323 e. The molecule has 76 valence electrons. The molecule has 0 aliphatic heterocycles. The molecule has 0 rings (SSSR count). The Balaban J connectivity index is 4.01. The molecule has 13 heavy (non-hydrogen) atoms. The number of nitrogens with one attached hydrogen (secondary N) is 1. The molecule has 0 fully saturated rings. The maximum atomic E-state index is 10.6. The molecule has 0 bridgehead atoms. The van der Waals surface area contributed by atoms with Crippen LogP contribution in [0, 0.1) is 5.41 Å². The molecular weight excluding hydrogens is 168 g/mol. The van der Waals surface area contributed by atoms with Crippen LogP contribution in [0.1, 0.15) is 33.6 Å². The molecule has 0 aliphatic rings. The molecule has 0 radical (unpaired) electrons. The predicted molar refractivity (Wildman–Crippen MR) is 52.7 cm³/mol. The Hall–Kier alpha value is -1.06. The molecule has 0 aliphatic carbocycles. The Morgan fingerprint density at radius 2 is 2.08 bits per heavy atom. The summed E-state index contributed by atoms with van der Waals surface area (Å²) in [5.74, 6) is 0. The van der Waals surface area contributed by atoms with Gasteiger partial charge in [-0.15, -0.1) is 0 Å². The Kier molecular flexibility index (Phi) is 5.11. The Labute approximate surface area is 79.3 Å². The summed E-state index contributed by atoms with van der Waals surface area (Å²) in [5, 5.41) is 5.93. The van der Waals surface area contributed by atoms with Crippen LogP contribution < -0.4 is 5.32 Å². The fourth-order valence-electron chi connectivity index (χ4n) is 0.680. The van der Waals surface area contributed by atoms with E-state index in [0.29, 0.717) is 0 Å². The summed E-state index contributed by atoms with van der Waals surface area (Å²) in [5.41, 5.74) is 0.0218. The predicted octanol–water partition coefficient (Wildman–Crippen LogP) is 2.15. The van der Waals surface area contributed by atoms with E-state index >= 15 is 0 Å². The second-order valence-electron chi connectivity index (χ2n) is 3.22. The van der Waals surface area contributed by atoms with Gasteiger partial charge in [0.1, 0.15) is 0 Å². The minimum atomic E-state index is -0.536. The second kappa shape index (κ2) is 5.56. The van der Waals surface area contributed by atoms with E-state index in [0.717, 1.165) is 12.8 Å². The zero-order chi connectivity index (χ0) is 10.3. The maximum absolute atomic E-state index is 10.6. The molecule has 4 nitrogen and oxygen atoms in total. The monoisotopic (exact) mass is 186 g/mol. The van der Waals surface area contributed by atoms with Crippen LogP contribution in [0.2, 0.25) is 0 Å². The third-order valence-electron chi connectivity index (χ3n) is 2.32. The largest absolute Gasteiger partial charge is 0.433 e. The van der Waals surface area contributed by atoms with E-state index in [9.17, 15) is 4.79 Å². The summed E-state index contributed by atoms with van der Waals surface area (Å²) < 4.78 is 0. The van der Waals surface area contributed by atoms with Crippen LogP contribution in [-0.2, 0) is 4.84 Å². The van der Waals surface area contributed by atoms with Gasteiger partial charge in [0.15, 0.2) is 0 Å². The molecule has 0 saturated heterocycles. The van der Waals surface area contributed by atoms with E-state index in [2.05, 4.69) is 36.1 Å². The molecule has 1 amide bonds. The average molecular weight is 186 g/mol. The lowest BCUT2D eigenvalue weighted by Gasteiger charge is -2.19. The normalized spacial score (nSPS) is 11.7. The van der Waals surface area contributed by atoms with E-state index in [-0.39, 0.29) is 5.41 Å². The lowest BCUT2D eigenvalue weighted by molar-refractivity contribution is 0.152. The zero-order valence-corrected chi connectivity index (χ0v) is 8.76. The van der Waals surface area contributed by atoms with Gasteiger partial charge in [-0.05, 0) is 12.8 Å². The molecule has 0 spiro atoms. The minimum absolute atomic E-state index is 0.0218. The van der Waals surface area contributed by atoms with E-state index < -0.39 is 6.09 Å². The van der Waals surface area contributed by atoms with Crippen LogP contribution in [0.5, 0.6) is 0 Å². The van der Waals surface area contributed by atoms with Crippen molar-refractivity contribution >= 4 is 12.3 Å². The molecule has 4 heteroatoms. The van der Waals surface area contributed by atoms with E-state index in [4.69, 9.17) is 0 Å². The summed E-state index contributed by atoms with van der Waals surface area (Å²) in [7, 11) is 1.50. The first-order chi connectivity index (χ1) is 6.08. The molecule has 0 aromatic heterocycles. The van der Waals surface area contributed by atoms with Gasteiger partial charge >= 0.3 is 6.09 Å². The molecule has 0 saturated carbocycles. The molecule has 0 aromatic carbocycles. The van der Waals surface area contributed by atoms with Crippen LogP contribution in [0.4, 0.5) is 4.79 Å². The lowest BCUT2D eigenvalue weighted by atomic mass is 9.86. The Bertz CT molecular complexity index is 186. The quantitative estimate of drug-likeness (QED) is 0.415. The first-order valence-electron chi connectivity index (χ1n) is 4.51. The van der Waals surface area contributed by atoms with Crippen LogP contribution in [0.3, 0.4) is 0 Å². The number of nitrogens with zero attached hydrogens (tertiary/aromatic N) is 1. The summed E-state index contributed by atoms with van der Waals surface area (Å²) in [6.07, 6.45) is 3.10. The highest BCUT2D eigenvalue weighted by Crippen LogP contribution is 2.22. The van der Waals surface area contributed by atoms with Crippen LogP contribution in [0.25, 0.3) is 0 Å². The molecule has 0 heterocycles. The van der Waals surface area contributed by atoms with Gasteiger partial charge in [0.2, 0.25) is 0 Å². The summed E-state index contributed by atoms with van der Waals surface area (Å²) >= 11 is 0. The van der Waals surface area contributed by atoms with Crippen molar-refractivity contribution in [3.05, 3.63) is 0 Å². The van der Waals surface area contributed by atoms with Gasteiger partial charge in [0, 0.05) is 12.5 Å². The number of hydrogen-bond donors (Lipinski definition) is 1. The Morgan fingerprint density at radius 3 is 2.46 bits per heavy atom. The fourth-order valence-corrected chi connectivity index (χ4v) is 0.680. The van der Waals surface area contributed by atoms with Crippen molar-refractivity contribution in [2.45, 2.75) is 33.6 Å². The summed E-state index contributed by atoms with van der Waals surface area (Å²) in [6.45, 7) is 6.23. The van der Waals surface area contributed by atoms with E-state index in [1.54, 1.807) is 6.21 Å². The highest BCUT2D eigenvalue weighted by Gasteiger charge is 2.16. The highest BCUT2D eigenvalue weighted by atomic mass is 16.7. The molecule has 0 aromatic rings. The minimum Gasteiger partial charge on any atom is -0.323 e. The van der Waals surface area contributed by atoms with Crippen molar-refractivity contribution in [3.8, 4) is 0 Å². The second-order valence-corrected chi connectivity index (χ2v) is 3.22. The van der Waals surface area contributed by atoms with Crippen molar-refractivity contribution in [1.82, 2.24) is 5.32 Å². The number of carbonyl (C=O) groups excluding carboxylic acids is 1. The molecule has 1 N–H and O–H groups in total. The van der Waals surface area contributed by atoms with Crippen LogP contribution >= 0.6 is 0 Å². The van der Waals surface area contributed by atoms with Crippen molar-refractivity contribution < 1.29 is 9.63 Å². The fraction of sp³-hybridized carbons (Fsp3) is 0.778.